The molecule has 0 fully saturated rings. The van der Waals surface area contributed by atoms with Crippen molar-refractivity contribution in [3.63, 3.8) is 0 Å². The van der Waals surface area contributed by atoms with Gasteiger partial charge in [-0.05, 0) is 35.9 Å². The van der Waals surface area contributed by atoms with E-state index >= 15 is 0 Å². The SMILES string of the molecule is N#Cc1cc(F)ccc1NCc1ccc(F)cc1Br. The highest BCUT2D eigenvalue weighted by Gasteiger charge is 2.05. The molecule has 0 atom stereocenters. The van der Waals surface area contributed by atoms with Gasteiger partial charge in [-0.2, -0.15) is 5.26 Å². The quantitative estimate of drug-likeness (QED) is 0.918. The van der Waals surface area contributed by atoms with Gasteiger partial charge in [0.15, 0.2) is 0 Å². The van der Waals surface area contributed by atoms with Crippen molar-refractivity contribution < 1.29 is 8.78 Å². The largest absolute Gasteiger partial charge is 0.380 e. The number of rotatable bonds is 3. The number of hydrogen-bond donors (Lipinski definition) is 1. The first-order chi connectivity index (χ1) is 9.10. The van der Waals surface area contributed by atoms with Crippen molar-refractivity contribution in [2.45, 2.75) is 6.54 Å². The van der Waals surface area contributed by atoms with Crippen LogP contribution in [0.1, 0.15) is 11.1 Å². The summed E-state index contributed by atoms with van der Waals surface area (Å²) in [6.07, 6.45) is 0. The molecule has 0 saturated carbocycles. The molecule has 0 amide bonds. The molecule has 2 aromatic rings. The van der Waals surface area contributed by atoms with Crippen molar-refractivity contribution in [2.24, 2.45) is 0 Å². The Morgan fingerprint density at radius 1 is 1.11 bits per heavy atom. The van der Waals surface area contributed by atoms with Crippen molar-refractivity contribution in [1.29, 1.82) is 5.26 Å². The van der Waals surface area contributed by atoms with Crippen molar-refractivity contribution in [3.8, 4) is 6.07 Å². The summed E-state index contributed by atoms with van der Waals surface area (Å²) in [6, 6.07) is 10.2. The van der Waals surface area contributed by atoms with Crippen LogP contribution >= 0.6 is 15.9 Å². The molecule has 0 saturated heterocycles. The number of nitrogens with zero attached hydrogens (tertiary/aromatic N) is 1. The van der Waals surface area contributed by atoms with Gasteiger partial charge in [-0.15, -0.1) is 0 Å². The van der Waals surface area contributed by atoms with E-state index in [2.05, 4.69) is 21.2 Å². The smallest absolute Gasteiger partial charge is 0.124 e. The van der Waals surface area contributed by atoms with Gasteiger partial charge in [-0.25, -0.2) is 8.78 Å². The molecule has 2 nitrogen and oxygen atoms in total. The van der Waals surface area contributed by atoms with E-state index < -0.39 is 5.82 Å². The minimum absolute atomic E-state index is 0.234. The fourth-order valence-electron chi connectivity index (χ4n) is 1.62. The Labute approximate surface area is 117 Å². The normalized spacial score (nSPS) is 10.0. The Morgan fingerprint density at radius 3 is 2.47 bits per heavy atom. The molecular weight excluding hydrogens is 314 g/mol. The third kappa shape index (κ3) is 3.30. The second-order valence-electron chi connectivity index (χ2n) is 3.89. The van der Waals surface area contributed by atoms with Crippen molar-refractivity contribution >= 4 is 21.6 Å². The number of hydrogen-bond acceptors (Lipinski definition) is 2. The number of anilines is 1. The van der Waals surface area contributed by atoms with Crippen LogP contribution in [-0.2, 0) is 6.54 Å². The molecule has 5 heteroatoms. The van der Waals surface area contributed by atoms with Crippen LogP contribution < -0.4 is 5.32 Å². The van der Waals surface area contributed by atoms with Crippen LogP contribution in [0.4, 0.5) is 14.5 Å². The van der Waals surface area contributed by atoms with Gasteiger partial charge < -0.3 is 5.32 Å². The van der Waals surface area contributed by atoms with Gasteiger partial charge in [-0.1, -0.05) is 22.0 Å². The Balaban J connectivity index is 2.17. The highest BCUT2D eigenvalue weighted by atomic mass is 79.9. The number of nitrogens with one attached hydrogen (secondary N) is 1. The average molecular weight is 323 g/mol. The molecular formula is C14H9BrF2N2. The summed E-state index contributed by atoms with van der Waals surface area (Å²) in [7, 11) is 0. The Morgan fingerprint density at radius 2 is 1.79 bits per heavy atom. The Bertz CT molecular complexity index is 650. The maximum Gasteiger partial charge on any atom is 0.124 e. The monoisotopic (exact) mass is 322 g/mol. The Hall–Kier alpha value is -1.93. The van der Waals surface area contributed by atoms with E-state index in [-0.39, 0.29) is 11.4 Å². The maximum atomic E-state index is 13.0. The fourth-order valence-corrected chi connectivity index (χ4v) is 2.11. The standard InChI is InChI=1S/C14H9BrF2N2/c15-13-6-12(17)2-1-9(13)8-19-14-4-3-11(16)5-10(14)7-18/h1-6,19H,8H2. The number of halogens is 3. The van der Waals surface area contributed by atoms with Crippen LogP contribution in [-0.4, -0.2) is 0 Å². The molecule has 0 aliphatic rings. The molecule has 0 aromatic heterocycles. The molecule has 0 aliphatic carbocycles. The van der Waals surface area contributed by atoms with Crippen LogP contribution in [0.5, 0.6) is 0 Å². The first-order valence-electron chi connectivity index (χ1n) is 5.47. The number of benzene rings is 2. The van der Waals surface area contributed by atoms with Crippen LogP contribution in [0.15, 0.2) is 40.9 Å². The van der Waals surface area contributed by atoms with Crippen LogP contribution in [0.2, 0.25) is 0 Å². The van der Waals surface area contributed by atoms with Gasteiger partial charge in [-0.3, -0.25) is 0 Å². The zero-order chi connectivity index (χ0) is 13.8. The lowest BCUT2D eigenvalue weighted by Gasteiger charge is -2.09. The Kier molecular flexibility index (Phi) is 4.13. The van der Waals surface area contributed by atoms with E-state index in [0.717, 1.165) is 5.56 Å². The summed E-state index contributed by atoms with van der Waals surface area (Å²) < 4.78 is 26.6. The molecule has 96 valence electrons. The van der Waals surface area contributed by atoms with E-state index in [4.69, 9.17) is 5.26 Å². The topological polar surface area (TPSA) is 35.8 Å². The number of nitriles is 1. The van der Waals surface area contributed by atoms with Crippen LogP contribution in [0.25, 0.3) is 0 Å². The molecule has 0 spiro atoms. The van der Waals surface area contributed by atoms with Gasteiger partial charge in [0.05, 0.1) is 11.3 Å². The van der Waals surface area contributed by atoms with Crippen LogP contribution in [0, 0.1) is 23.0 Å². The minimum atomic E-state index is -0.454. The van der Waals surface area contributed by atoms with Gasteiger partial charge in [0.25, 0.3) is 0 Å². The van der Waals surface area contributed by atoms with Crippen molar-refractivity contribution in [3.05, 3.63) is 63.6 Å². The zero-order valence-electron chi connectivity index (χ0n) is 9.75. The first-order valence-corrected chi connectivity index (χ1v) is 6.27. The zero-order valence-corrected chi connectivity index (χ0v) is 11.3. The molecule has 0 heterocycles. The first kappa shape index (κ1) is 13.5. The second-order valence-corrected chi connectivity index (χ2v) is 4.75. The van der Waals surface area contributed by atoms with E-state index in [1.54, 1.807) is 6.07 Å². The summed E-state index contributed by atoms with van der Waals surface area (Å²) >= 11 is 3.26. The van der Waals surface area contributed by atoms with E-state index in [9.17, 15) is 8.78 Å². The minimum Gasteiger partial charge on any atom is -0.380 e. The summed E-state index contributed by atoms with van der Waals surface area (Å²) in [6.45, 7) is 0.404. The predicted octanol–water partition coefficient (Wildman–Crippen LogP) is 4.21. The lowest BCUT2D eigenvalue weighted by molar-refractivity contribution is 0.625. The molecule has 0 unspecified atom stereocenters. The highest BCUT2D eigenvalue weighted by molar-refractivity contribution is 9.10. The molecule has 1 N–H and O–H groups in total. The molecule has 0 radical (unpaired) electrons. The third-order valence-corrected chi connectivity index (χ3v) is 3.32. The average Bonchev–Trinajstić information content (AvgIpc) is 2.39. The van der Waals surface area contributed by atoms with Gasteiger partial charge in [0, 0.05) is 11.0 Å². The van der Waals surface area contributed by atoms with Crippen molar-refractivity contribution in [2.75, 3.05) is 5.32 Å². The lowest BCUT2D eigenvalue weighted by Crippen LogP contribution is -2.02. The summed E-state index contributed by atoms with van der Waals surface area (Å²) in [5, 5.41) is 11.9. The van der Waals surface area contributed by atoms with E-state index in [0.29, 0.717) is 16.7 Å². The van der Waals surface area contributed by atoms with Gasteiger partial charge in [0.1, 0.15) is 17.7 Å². The third-order valence-electron chi connectivity index (χ3n) is 2.59. The van der Waals surface area contributed by atoms with E-state index in [1.165, 1.54) is 30.3 Å². The molecule has 0 bridgehead atoms. The molecule has 0 aliphatic heterocycles. The molecule has 2 rings (SSSR count). The molecule has 19 heavy (non-hydrogen) atoms. The summed E-state index contributed by atoms with van der Waals surface area (Å²) in [5.74, 6) is -0.778. The second kappa shape index (κ2) is 5.81. The van der Waals surface area contributed by atoms with Crippen molar-refractivity contribution in [1.82, 2.24) is 0 Å². The lowest BCUT2D eigenvalue weighted by atomic mass is 10.1. The predicted molar refractivity (Wildman–Crippen MR) is 72.5 cm³/mol. The highest BCUT2D eigenvalue weighted by Crippen LogP contribution is 2.21. The summed E-state index contributed by atoms with van der Waals surface area (Å²) in [4.78, 5) is 0. The fraction of sp³-hybridized carbons (Fsp3) is 0.0714. The summed E-state index contributed by atoms with van der Waals surface area (Å²) in [5.41, 5.74) is 1.62. The molecule has 2 aromatic carbocycles. The van der Waals surface area contributed by atoms with E-state index in [1.807, 2.05) is 6.07 Å². The maximum absolute atomic E-state index is 13.0. The van der Waals surface area contributed by atoms with Gasteiger partial charge >= 0.3 is 0 Å². The van der Waals surface area contributed by atoms with Crippen LogP contribution in [0.3, 0.4) is 0 Å². The van der Waals surface area contributed by atoms with Gasteiger partial charge in [0.2, 0.25) is 0 Å².